The lowest BCUT2D eigenvalue weighted by Crippen LogP contribution is -2.41. The molecule has 35 heavy (non-hydrogen) atoms. The quantitative estimate of drug-likeness (QED) is 0.346. The molecule has 0 spiro atoms. The fourth-order valence-corrected chi connectivity index (χ4v) is 4.80. The maximum atomic E-state index is 12.6. The van der Waals surface area contributed by atoms with Gasteiger partial charge in [0, 0.05) is 43.7 Å². The Kier molecular flexibility index (Phi) is 7.09. The Labute approximate surface area is 206 Å². The van der Waals surface area contributed by atoms with Crippen molar-refractivity contribution in [2.45, 2.75) is 25.9 Å². The highest BCUT2D eigenvalue weighted by molar-refractivity contribution is 5.93. The zero-order valence-corrected chi connectivity index (χ0v) is 20.1. The SMILES string of the molecule is CN(Cc1cccc(OCC2CCCN(C(=O)c3ccoc3)C2)c1)Cc1ccc2ncccc2c1. The number of benzene rings is 2. The number of fused-ring (bicyclic) bond motifs is 1. The van der Waals surface area contributed by atoms with Crippen molar-refractivity contribution in [3.63, 3.8) is 0 Å². The van der Waals surface area contributed by atoms with Gasteiger partial charge in [0.2, 0.25) is 0 Å². The number of rotatable bonds is 8. The molecule has 2 aromatic heterocycles. The number of furan rings is 1. The van der Waals surface area contributed by atoms with Gasteiger partial charge in [-0.25, -0.2) is 0 Å². The minimum Gasteiger partial charge on any atom is -0.493 e. The first-order valence-corrected chi connectivity index (χ1v) is 12.2. The topological polar surface area (TPSA) is 58.8 Å². The van der Waals surface area contributed by atoms with Crippen LogP contribution in [0.1, 0.15) is 34.3 Å². The van der Waals surface area contributed by atoms with E-state index in [1.54, 1.807) is 12.3 Å². The lowest BCUT2D eigenvalue weighted by molar-refractivity contribution is 0.0632. The molecule has 4 aromatic rings. The molecule has 1 unspecified atom stereocenters. The van der Waals surface area contributed by atoms with Gasteiger partial charge in [0.05, 0.1) is 24.0 Å². The zero-order valence-electron chi connectivity index (χ0n) is 20.1. The average Bonchev–Trinajstić information content (AvgIpc) is 3.42. The second-order valence-corrected chi connectivity index (χ2v) is 9.43. The molecule has 0 radical (unpaired) electrons. The van der Waals surface area contributed by atoms with E-state index < -0.39 is 0 Å². The molecule has 0 aliphatic carbocycles. The Hall–Kier alpha value is -3.64. The largest absolute Gasteiger partial charge is 0.493 e. The molecule has 1 fully saturated rings. The highest BCUT2D eigenvalue weighted by Crippen LogP contribution is 2.22. The fraction of sp³-hybridized carbons (Fsp3) is 0.310. The van der Waals surface area contributed by atoms with Crippen LogP contribution in [0.15, 0.2) is 83.8 Å². The lowest BCUT2D eigenvalue weighted by atomic mass is 9.98. The van der Waals surface area contributed by atoms with Gasteiger partial charge in [0.1, 0.15) is 12.0 Å². The van der Waals surface area contributed by atoms with Gasteiger partial charge in [-0.15, -0.1) is 0 Å². The molecule has 6 heteroatoms. The van der Waals surface area contributed by atoms with Crippen molar-refractivity contribution in [3.8, 4) is 5.75 Å². The molecule has 1 aliphatic heterocycles. The standard InChI is InChI=1S/C29H31N3O3/c1-31(18-23-9-10-28-25(15-23)7-3-12-30-28)17-22-5-2-8-27(16-22)35-20-24-6-4-13-32(19-24)29(33)26-11-14-34-21-26/h2-3,5,7-12,14-16,21,24H,4,6,13,17-20H2,1H3. The molecular formula is C29H31N3O3. The van der Waals surface area contributed by atoms with Crippen molar-refractivity contribution in [1.82, 2.24) is 14.8 Å². The van der Waals surface area contributed by atoms with Crippen LogP contribution in [0.3, 0.4) is 0 Å². The van der Waals surface area contributed by atoms with E-state index in [4.69, 9.17) is 9.15 Å². The number of aromatic nitrogens is 1. The van der Waals surface area contributed by atoms with Gasteiger partial charge in [-0.05, 0) is 67.4 Å². The summed E-state index contributed by atoms with van der Waals surface area (Å²) in [7, 11) is 2.13. The van der Waals surface area contributed by atoms with Crippen molar-refractivity contribution >= 4 is 16.8 Å². The summed E-state index contributed by atoms with van der Waals surface area (Å²) in [5.41, 5.74) is 4.12. The Balaban J connectivity index is 1.14. The lowest BCUT2D eigenvalue weighted by Gasteiger charge is -2.32. The number of hydrogen-bond donors (Lipinski definition) is 0. The summed E-state index contributed by atoms with van der Waals surface area (Å²) in [5, 5.41) is 1.17. The molecule has 0 saturated carbocycles. The maximum absolute atomic E-state index is 12.6. The summed E-state index contributed by atoms with van der Waals surface area (Å²) in [6, 6.07) is 20.6. The summed E-state index contributed by atoms with van der Waals surface area (Å²) < 4.78 is 11.2. The number of carbonyl (C=O) groups is 1. The van der Waals surface area contributed by atoms with Crippen LogP contribution in [0, 0.1) is 5.92 Å². The second-order valence-electron chi connectivity index (χ2n) is 9.43. The van der Waals surface area contributed by atoms with Crippen LogP contribution in [-0.4, -0.2) is 47.4 Å². The molecular weight excluding hydrogens is 438 g/mol. The van der Waals surface area contributed by atoms with Crippen LogP contribution >= 0.6 is 0 Å². The van der Waals surface area contributed by atoms with Crippen LogP contribution in [0.5, 0.6) is 5.75 Å². The van der Waals surface area contributed by atoms with Crippen molar-refractivity contribution in [2.75, 3.05) is 26.7 Å². The smallest absolute Gasteiger partial charge is 0.257 e. The Morgan fingerprint density at radius 2 is 2.00 bits per heavy atom. The van der Waals surface area contributed by atoms with E-state index in [-0.39, 0.29) is 5.91 Å². The monoisotopic (exact) mass is 469 g/mol. The van der Waals surface area contributed by atoms with Crippen LogP contribution in [0.2, 0.25) is 0 Å². The number of nitrogens with zero attached hydrogens (tertiary/aromatic N) is 3. The molecule has 5 rings (SSSR count). The Morgan fingerprint density at radius 1 is 1.11 bits per heavy atom. The number of amides is 1. The van der Waals surface area contributed by atoms with Crippen LogP contribution in [0.4, 0.5) is 0 Å². The van der Waals surface area contributed by atoms with Gasteiger partial charge in [-0.1, -0.05) is 24.3 Å². The summed E-state index contributed by atoms with van der Waals surface area (Å²) in [6.45, 7) is 3.81. The van der Waals surface area contributed by atoms with E-state index in [0.717, 1.165) is 43.7 Å². The Bertz CT molecular complexity index is 1270. The first-order chi connectivity index (χ1) is 17.1. The van der Waals surface area contributed by atoms with E-state index in [0.29, 0.717) is 24.6 Å². The van der Waals surface area contributed by atoms with Crippen LogP contribution < -0.4 is 4.74 Å². The molecule has 3 heterocycles. The highest BCUT2D eigenvalue weighted by Gasteiger charge is 2.25. The normalized spacial score (nSPS) is 16.1. The van der Waals surface area contributed by atoms with Gasteiger partial charge in [-0.2, -0.15) is 0 Å². The summed E-state index contributed by atoms with van der Waals surface area (Å²) in [5.74, 6) is 1.25. The van der Waals surface area contributed by atoms with Crippen molar-refractivity contribution in [2.24, 2.45) is 5.92 Å². The number of piperidine rings is 1. The van der Waals surface area contributed by atoms with E-state index in [2.05, 4.69) is 59.4 Å². The molecule has 1 aliphatic rings. The first-order valence-electron chi connectivity index (χ1n) is 12.2. The van der Waals surface area contributed by atoms with Crippen LogP contribution in [0.25, 0.3) is 10.9 Å². The van der Waals surface area contributed by atoms with Gasteiger partial charge < -0.3 is 14.1 Å². The van der Waals surface area contributed by atoms with Gasteiger partial charge >= 0.3 is 0 Å². The van der Waals surface area contributed by atoms with Crippen LogP contribution in [-0.2, 0) is 13.1 Å². The predicted molar refractivity (Wildman–Crippen MR) is 136 cm³/mol. The third-order valence-electron chi connectivity index (χ3n) is 6.53. The third kappa shape index (κ3) is 5.89. The first kappa shape index (κ1) is 23.1. The van der Waals surface area contributed by atoms with E-state index >= 15 is 0 Å². The number of ether oxygens (including phenoxy) is 1. The molecule has 1 saturated heterocycles. The zero-order chi connectivity index (χ0) is 24.0. The number of hydrogen-bond acceptors (Lipinski definition) is 5. The van der Waals surface area contributed by atoms with Gasteiger partial charge in [-0.3, -0.25) is 14.7 Å². The maximum Gasteiger partial charge on any atom is 0.257 e. The van der Waals surface area contributed by atoms with Crippen molar-refractivity contribution in [1.29, 1.82) is 0 Å². The van der Waals surface area contributed by atoms with E-state index in [1.165, 1.54) is 22.8 Å². The summed E-state index contributed by atoms with van der Waals surface area (Å²) in [6.07, 6.45) is 6.95. The minimum absolute atomic E-state index is 0.0381. The highest BCUT2D eigenvalue weighted by atomic mass is 16.5. The molecule has 1 amide bonds. The predicted octanol–water partition coefficient (Wildman–Crippen LogP) is 5.39. The molecule has 0 bridgehead atoms. The number of pyridine rings is 1. The third-order valence-corrected chi connectivity index (χ3v) is 6.53. The number of carbonyl (C=O) groups excluding carboxylic acids is 1. The molecule has 180 valence electrons. The van der Waals surface area contributed by atoms with E-state index in [1.807, 2.05) is 23.2 Å². The average molecular weight is 470 g/mol. The molecule has 0 N–H and O–H groups in total. The molecule has 6 nitrogen and oxygen atoms in total. The minimum atomic E-state index is 0.0381. The van der Waals surface area contributed by atoms with Crippen molar-refractivity contribution in [3.05, 3.63) is 96.1 Å². The molecule has 1 atom stereocenters. The summed E-state index contributed by atoms with van der Waals surface area (Å²) >= 11 is 0. The van der Waals surface area contributed by atoms with Gasteiger partial charge in [0.15, 0.2) is 0 Å². The van der Waals surface area contributed by atoms with Crippen molar-refractivity contribution < 1.29 is 13.9 Å². The fourth-order valence-electron chi connectivity index (χ4n) is 4.80. The molecule has 2 aromatic carbocycles. The second kappa shape index (κ2) is 10.7. The van der Waals surface area contributed by atoms with E-state index in [9.17, 15) is 4.79 Å². The Morgan fingerprint density at radius 3 is 2.86 bits per heavy atom. The number of likely N-dealkylation sites (tertiary alicyclic amines) is 1. The van der Waals surface area contributed by atoms with Gasteiger partial charge in [0.25, 0.3) is 5.91 Å². The summed E-state index contributed by atoms with van der Waals surface area (Å²) in [4.78, 5) is 21.3.